The van der Waals surface area contributed by atoms with Crippen LogP contribution >= 0.6 is 0 Å². The highest BCUT2D eigenvalue weighted by atomic mass is 16.5. The van der Waals surface area contributed by atoms with Crippen LogP contribution in [0.1, 0.15) is 16.1 Å². The van der Waals surface area contributed by atoms with Gasteiger partial charge in [0.05, 0.1) is 14.2 Å². The van der Waals surface area contributed by atoms with Crippen molar-refractivity contribution in [2.45, 2.75) is 6.92 Å². The molecule has 132 valence electrons. The van der Waals surface area contributed by atoms with Crippen molar-refractivity contribution in [1.82, 2.24) is 19.9 Å². The number of rotatable bonds is 4. The molecule has 1 fully saturated rings. The van der Waals surface area contributed by atoms with E-state index < -0.39 is 0 Å². The van der Waals surface area contributed by atoms with Crippen molar-refractivity contribution in [2.24, 2.45) is 0 Å². The summed E-state index contributed by atoms with van der Waals surface area (Å²) in [5.74, 6) is 1.44. The normalized spacial score (nSPS) is 14.4. The molecule has 0 unspecified atom stereocenters. The molecule has 0 atom stereocenters. The van der Waals surface area contributed by atoms with Gasteiger partial charge in [-0.05, 0) is 19.1 Å². The van der Waals surface area contributed by atoms with Crippen LogP contribution in [-0.2, 0) is 0 Å². The zero-order valence-corrected chi connectivity index (χ0v) is 14.6. The predicted octanol–water partition coefficient (Wildman–Crippen LogP) is 1.16. The van der Waals surface area contributed by atoms with Crippen molar-refractivity contribution in [1.29, 1.82) is 0 Å². The van der Waals surface area contributed by atoms with E-state index in [1.54, 1.807) is 36.4 Å². The third kappa shape index (κ3) is 3.62. The standard InChI is InChI=1S/C17H21N5O3/c1-12-11-14(24-2)20-17(19-12)22-9-7-21(8-10-22)16(23)13-5-4-6-18-15(13)25-3/h4-6,11H,7-10H2,1-3H3. The van der Waals surface area contributed by atoms with Gasteiger partial charge in [0.2, 0.25) is 17.7 Å². The molecular formula is C17H21N5O3. The van der Waals surface area contributed by atoms with Crippen molar-refractivity contribution in [3.8, 4) is 11.8 Å². The first kappa shape index (κ1) is 16.9. The van der Waals surface area contributed by atoms with E-state index in [0.29, 0.717) is 49.5 Å². The first-order valence-corrected chi connectivity index (χ1v) is 8.05. The van der Waals surface area contributed by atoms with E-state index in [2.05, 4.69) is 19.9 Å². The van der Waals surface area contributed by atoms with Crippen LogP contribution in [0, 0.1) is 6.92 Å². The summed E-state index contributed by atoms with van der Waals surface area (Å²) in [6.45, 7) is 4.37. The lowest BCUT2D eigenvalue weighted by Gasteiger charge is -2.35. The maximum absolute atomic E-state index is 12.7. The Morgan fingerprint density at radius 2 is 1.88 bits per heavy atom. The monoisotopic (exact) mass is 343 g/mol. The Morgan fingerprint density at radius 1 is 1.12 bits per heavy atom. The summed E-state index contributed by atoms with van der Waals surface area (Å²) in [5.41, 5.74) is 1.33. The Labute approximate surface area is 146 Å². The molecule has 1 aliphatic heterocycles. The third-order valence-corrected chi connectivity index (χ3v) is 4.07. The van der Waals surface area contributed by atoms with Crippen molar-refractivity contribution >= 4 is 11.9 Å². The zero-order chi connectivity index (χ0) is 17.8. The second-order valence-corrected chi connectivity index (χ2v) is 5.69. The molecule has 1 aliphatic rings. The Balaban J connectivity index is 1.69. The fourth-order valence-electron chi connectivity index (χ4n) is 2.77. The van der Waals surface area contributed by atoms with Gasteiger partial charge in [-0.1, -0.05) is 0 Å². The molecule has 2 aromatic rings. The molecule has 8 heteroatoms. The van der Waals surface area contributed by atoms with Gasteiger partial charge in [0.25, 0.3) is 5.91 Å². The summed E-state index contributed by atoms with van der Waals surface area (Å²) in [6.07, 6.45) is 1.61. The van der Waals surface area contributed by atoms with Crippen molar-refractivity contribution in [3.05, 3.63) is 35.7 Å². The lowest BCUT2D eigenvalue weighted by Crippen LogP contribution is -2.49. The number of carbonyl (C=O) groups is 1. The minimum absolute atomic E-state index is 0.0765. The fourth-order valence-corrected chi connectivity index (χ4v) is 2.77. The summed E-state index contributed by atoms with van der Waals surface area (Å²) in [5, 5.41) is 0. The van der Waals surface area contributed by atoms with Gasteiger partial charge >= 0.3 is 0 Å². The molecule has 0 saturated carbocycles. The summed E-state index contributed by atoms with van der Waals surface area (Å²) in [7, 11) is 3.10. The maximum Gasteiger partial charge on any atom is 0.259 e. The van der Waals surface area contributed by atoms with Crippen LogP contribution in [0.15, 0.2) is 24.4 Å². The first-order valence-electron chi connectivity index (χ1n) is 8.05. The van der Waals surface area contributed by atoms with Crippen LogP contribution in [-0.4, -0.2) is 66.2 Å². The molecule has 3 rings (SSSR count). The van der Waals surface area contributed by atoms with Crippen molar-refractivity contribution < 1.29 is 14.3 Å². The van der Waals surface area contributed by atoms with Crippen LogP contribution in [0.25, 0.3) is 0 Å². The smallest absolute Gasteiger partial charge is 0.259 e. The number of anilines is 1. The fraction of sp³-hybridized carbons (Fsp3) is 0.412. The number of ether oxygens (including phenoxy) is 2. The highest BCUT2D eigenvalue weighted by Crippen LogP contribution is 2.20. The summed E-state index contributed by atoms with van der Waals surface area (Å²) < 4.78 is 10.4. The van der Waals surface area contributed by atoms with Gasteiger partial charge in [-0.2, -0.15) is 4.98 Å². The summed E-state index contributed by atoms with van der Waals surface area (Å²) >= 11 is 0. The minimum atomic E-state index is -0.0765. The quantitative estimate of drug-likeness (QED) is 0.824. The Bertz CT molecular complexity index is 760. The largest absolute Gasteiger partial charge is 0.481 e. The lowest BCUT2D eigenvalue weighted by atomic mass is 10.2. The summed E-state index contributed by atoms with van der Waals surface area (Å²) in [6, 6.07) is 5.26. The van der Waals surface area contributed by atoms with E-state index >= 15 is 0 Å². The van der Waals surface area contributed by atoms with E-state index in [-0.39, 0.29) is 5.91 Å². The second kappa shape index (κ2) is 7.33. The number of amides is 1. The minimum Gasteiger partial charge on any atom is -0.481 e. The Morgan fingerprint density at radius 3 is 2.56 bits per heavy atom. The third-order valence-electron chi connectivity index (χ3n) is 4.07. The highest BCUT2D eigenvalue weighted by Gasteiger charge is 2.26. The first-order chi connectivity index (χ1) is 12.1. The number of aryl methyl sites for hydroxylation is 1. The van der Waals surface area contributed by atoms with Gasteiger partial charge in [-0.15, -0.1) is 0 Å². The van der Waals surface area contributed by atoms with Crippen LogP contribution in [0.3, 0.4) is 0 Å². The van der Waals surface area contributed by atoms with E-state index in [4.69, 9.17) is 9.47 Å². The van der Waals surface area contributed by atoms with Crippen LogP contribution in [0.5, 0.6) is 11.8 Å². The van der Waals surface area contributed by atoms with Gasteiger partial charge in [-0.25, -0.2) is 9.97 Å². The highest BCUT2D eigenvalue weighted by molar-refractivity contribution is 5.96. The number of piperazine rings is 1. The van der Waals surface area contributed by atoms with E-state index in [9.17, 15) is 4.79 Å². The predicted molar refractivity (Wildman–Crippen MR) is 92.2 cm³/mol. The topological polar surface area (TPSA) is 80.7 Å². The number of carbonyl (C=O) groups excluding carboxylic acids is 1. The second-order valence-electron chi connectivity index (χ2n) is 5.69. The summed E-state index contributed by atoms with van der Waals surface area (Å²) in [4.78, 5) is 29.5. The zero-order valence-electron chi connectivity index (χ0n) is 14.6. The number of pyridine rings is 1. The SMILES string of the molecule is COc1cc(C)nc(N2CCN(C(=O)c3cccnc3OC)CC2)n1. The van der Waals surface area contributed by atoms with Crippen LogP contribution in [0.4, 0.5) is 5.95 Å². The van der Waals surface area contributed by atoms with Crippen LogP contribution in [0.2, 0.25) is 0 Å². The molecule has 0 N–H and O–H groups in total. The number of aromatic nitrogens is 3. The van der Waals surface area contributed by atoms with Gasteiger partial charge in [0, 0.05) is 44.1 Å². The molecule has 0 spiro atoms. The molecule has 25 heavy (non-hydrogen) atoms. The molecule has 0 aromatic carbocycles. The molecular weight excluding hydrogens is 322 g/mol. The lowest BCUT2D eigenvalue weighted by molar-refractivity contribution is 0.0742. The Kier molecular flexibility index (Phi) is 4.97. The average Bonchev–Trinajstić information content (AvgIpc) is 2.67. The average molecular weight is 343 g/mol. The van der Waals surface area contributed by atoms with E-state index in [1.165, 1.54) is 7.11 Å². The molecule has 0 aliphatic carbocycles. The van der Waals surface area contributed by atoms with Gasteiger partial charge in [0.1, 0.15) is 5.56 Å². The number of hydrogen-bond acceptors (Lipinski definition) is 7. The van der Waals surface area contributed by atoms with Crippen LogP contribution < -0.4 is 14.4 Å². The molecule has 8 nitrogen and oxygen atoms in total. The van der Waals surface area contributed by atoms with E-state index in [0.717, 1.165) is 5.69 Å². The molecule has 1 amide bonds. The molecule has 0 bridgehead atoms. The number of hydrogen-bond donors (Lipinski definition) is 0. The maximum atomic E-state index is 12.7. The number of nitrogens with zero attached hydrogens (tertiary/aromatic N) is 5. The van der Waals surface area contributed by atoms with Gasteiger partial charge < -0.3 is 19.3 Å². The molecule has 3 heterocycles. The van der Waals surface area contributed by atoms with Crippen molar-refractivity contribution in [3.63, 3.8) is 0 Å². The molecule has 0 radical (unpaired) electrons. The van der Waals surface area contributed by atoms with Crippen molar-refractivity contribution in [2.75, 3.05) is 45.3 Å². The van der Waals surface area contributed by atoms with Gasteiger partial charge in [0.15, 0.2) is 0 Å². The van der Waals surface area contributed by atoms with Gasteiger partial charge in [-0.3, -0.25) is 4.79 Å². The van der Waals surface area contributed by atoms with E-state index in [1.807, 2.05) is 6.92 Å². The Hall–Kier alpha value is -2.90. The molecule has 1 saturated heterocycles. The number of methoxy groups -OCH3 is 2. The molecule has 2 aromatic heterocycles.